The van der Waals surface area contributed by atoms with Crippen molar-refractivity contribution < 1.29 is 24.2 Å². The van der Waals surface area contributed by atoms with Crippen LogP contribution in [0, 0.1) is 33.5 Å². The number of hydrogen-bond donors (Lipinski definition) is 2. The molecule has 7 aliphatic rings. The van der Waals surface area contributed by atoms with Gasteiger partial charge in [0.1, 0.15) is 0 Å². The quantitative estimate of drug-likeness (QED) is 0.343. The van der Waals surface area contributed by atoms with Gasteiger partial charge >= 0.3 is 0 Å². The number of benzene rings is 1. The Bertz CT molecular complexity index is 1560. The van der Waals surface area contributed by atoms with Crippen LogP contribution in [0.3, 0.4) is 0 Å². The molecule has 1 aromatic carbocycles. The Morgan fingerprint density at radius 1 is 0.889 bits per heavy atom. The number of ketones is 1. The van der Waals surface area contributed by atoms with Crippen LogP contribution in [0.4, 0.5) is 0 Å². The summed E-state index contributed by atoms with van der Waals surface area (Å²) in [6, 6.07) is 13.1. The molecule has 2 aromatic rings. The number of carbonyl (C=O) groups excluding carboxylic acids is 2. The summed E-state index contributed by atoms with van der Waals surface area (Å²) in [5, 5.41) is 23.6. The van der Waals surface area contributed by atoms with Gasteiger partial charge < -0.3 is 19.5 Å². The van der Waals surface area contributed by atoms with Crippen molar-refractivity contribution in [3.8, 4) is 0 Å². The van der Waals surface area contributed by atoms with Gasteiger partial charge in [-0.25, -0.2) is 0 Å². The molecule has 1 unspecified atom stereocenters. The second-order valence-electron chi connectivity index (χ2n) is 15.6. The topological polar surface area (TPSA) is 94.2 Å². The fraction of sp³-hybridized carbons (Fsp3) is 0.579. The first-order valence-electron chi connectivity index (χ1n) is 17.0. The molecule has 8 atom stereocenters. The summed E-state index contributed by atoms with van der Waals surface area (Å²) in [4.78, 5) is 31.6. The van der Waals surface area contributed by atoms with E-state index < -0.39 is 11.0 Å². The first-order valence-corrected chi connectivity index (χ1v) is 17.0. The number of piperazine rings is 1. The number of Topliss-reactive ketones (excluding diaryl/α,β-unsaturated/α-hetero) is 1. The first kappa shape index (κ1) is 29.4. The Labute approximate surface area is 266 Å². The number of rotatable bonds is 5. The van der Waals surface area contributed by atoms with E-state index in [-0.39, 0.29) is 45.9 Å². The second-order valence-corrected chi connectivity index (χ2v) is 15.6. The number of furan rings is 1. The number of carbonyl (C=O) groups is 2. The Balaban J connectivity index is 1.12. The highest BCUT2D eigenvalue weighted by molar-refractivity contribution is 6.10. The van der Waals surface area contributed by atoms with E-state index in [0.717, 1.165) is 43.2 Å². The summed E-state index contributed by atoms with van der Waals surface area (Å²) in [6.45, 7) is 7.94. The van der Waals surface area contributed by atoms with Gasteiger partial charge in [-0.3, -0.25) is 14.5 Å². The summed E-state index contributed by atoms with van der Waals surface area (Å²) in [6.07, 6.45) is 14.1. The molecule has 1 aromatic heterocycles. The van der Waals surface area contributed by atoms with Crippen molar-refractivity contribution >= 4 is 11.7 Å². The summed E-state index contributed by atoms with van der Waals surface area (Å²) >= 11 is 0. The third kappa shape index (κ3) is 3.93. The number of β-amino-alcohol motifs (C(OH)–C–C–N with tert-alkyl or cyclic N) is 1. The number of fused-ring (bicyclic) bond motifs is 1. The van der Waals surface area contributed by atoms with Crippen molar-refractivity contribution in [2.45, 2.75) is 70.5 Å². The second kappa shape index (κ2) is 10.00. The van der Waals surface area contributed by atoms with Gasteiger partial charge in [-0.15, -0.1) is 0 Å². The predicted molar refractivity (Wildman–Crippen MR) is 170 cm³/mol. The zero-order chi connectivity index (χ0) is 31.2. The molecule has 2 heterocycles. The van der Waals surface area contributed by atoms with Gasteiger partial charge in [-0.2, -0.15) is 0 Å². The minimum atomic E-state index is -0.894. The number of allylic oxidation sites excluding steroid dienone is 4. The third-order valence-electron chi connectivity index (χ3n) is 13.9. The highest BCUT2D eigenvalue weighted by atomic mass is 16.3. The molecule has 0 radical (unpaired) electrons. The highest BCUT2D eigenvalue weighted by Gasteiger charge is 2.74. The van der Waals surface area contributed by atoms with E-state index in [0.29, 0.717) is 51.3 Å². The lowest BCUT2D eigenvalue weighted by Crippen LogP contribution is -2.67. The van der Waals surface area contributed by atoms with Crippen LogP contribution >= 0.6 is 0 Å². The Kier molecular flexibility index (Phi) is 6.53. The molecule has 9 rings (SSSR count). The number of amides is 1. The molecule has 7 nitrogen and oxygen atoms in total. The average Bonchev–Trinajstić information content (AvgIpc) is 3.68. The van der Waals surface area contributed by atoms with Crippen LogP contribution in [-0.4, -0.2) is 76.1 Å². The first-order chi connectivity index (χ1) is 21.6. The Morgan fingerprint density at radius 3 is 2.33 bits per heavy atom. The molecule has 4 fully saturated rings. The minimum Gasteiger partial charge on any atom is -0.459 e. The van der Waals surface area contributed by atoms with Crippen molar-refractivity contribution in [2.24, 2.45) is 33.5 Å². The van der Waals surface area contributed by atoms with Crippen LogP contribution in [0.1, 0.15) is 79.7 Å². The van der Waals surface area contributed by atoms with Crippen LogP contribution in [0.2, 0.25) is 0 Å². The largest absolute Gasteiger partial charge is 0.459 e. The average molecular weight is 611 g/mol. The zero-order valence-electron chi connectivity index (χ0n) is 26.6. The lowest BCUT2D eigenvalue weighted by molar-refractivity contribution is -0.176. The van der Waals surface area contributed by atoms with Gasteiger partial charge in [0, 0.05) is 60.1 Å². The van der Waals surface area contributed by atoms with Crippen LogP contribution in [-0.2, 0) is 0 Å². The van der Waals surface area contributed by atoms with Crippen molar-refractivity contribution in [1.82, 2.24) is 9.80 Å². The van der Waals surface area contributed by atoms with Gasteiger partial charge in [-0.05, 0) is 74.3 Å². The fourth-order valence-corrected chi connectivity index (χ4v) is 11.4. The molecular formula is C38H46N2O5. The maximum Gasteiger partial charge on any atom is 0.289 e. The van der Waals surface area contributed by atoms with Crippen LogP contribution in [0.5, 0.6) is 0 Å². The molecule has 1 amide bonds. The summed E-state index contributed by atoms with van der Waals surface area (Å²) in [5.74, 6) is 0.812. The molecule has 2 spiro atoms. The summed E-state index contributed by atoms with van der Waals surface area (Å²) < 4.78 is 5.35. The lowest BCUT2D eigenvalue weighted by atomic mass is 9.32. The molecule has 238 valence electrons. The molecule has 6 aliphatic carbocycles. The number of aliphatic hydroxyl groups excluding tert-OH is 1. The van der Waals surface area contributed by atoms with Gasteiger partial charge in [0.25, 0.3) is 5.91 Å². The third-order valence-corrected chi connectivity index (χ3v) is 13.9. The zero-order valence-corrected chi connectivity index (χ0v) is 26.6. The van der Waals surface area contributed by atoms with Crippen LogP contribution < -0.4 is 0 Å². The fourth-order valence-electron chi connectivity index (χ4n) is 11.4. The van der Waals surface area contributed by atoms with Crippen molar-refractivity contribution in [3.05, 3.63) is 83.9 Å². The number of aliphatic hydroxyl groups is 2. The van der Waals surface area contributed by atoms with Crippen molar-refractivity contribution in [2.75, 3.05) is 32.7 Å². The summed E-state index contributed by atoms with van der Waals surface area (Å²) in [5.41, 5.74) is -0.459. The standard InChI is InChI=1S/C38H46N2O5/c1-34-13-10-27(41)23-36(34)16-17-38(28(24-36)32(42)26-7-4-3-5-8-26)30(34)11-14-35(2)31(38)12-15-37(35,44)25-39-18-20-40(21-19-39)33(43)29-9-6-22-45-29/h3-9,16-17,22,24,27,30-31,41,44H,10-15,18-21,23,25H2,1-2H3/t27?,30-,31-,34-,35+,36+,37-,38-/m1/s1. The SMILES string of the molecule is C[C@]12CC[C@H]3[C@]4(C=C[C@@]5(C=C4C(=O)c4ccccc4)CC(O)CC[C@]35C)[C@@H]1CC[C@@]2(O)CN1CCN(C(=O)c2ccco2)CC1. The van der Waals surface area contributed by atoms with Gasteiger partial charge in [0.15, 0.2) is 11.5 Å². The van der Waals surface area contributed by atoms with E-state index in [1.807, 2.05) is 35.2 Å². The summed E-state index contributed by atoms with van der Waals surface area (Å²) in [7, 11) is 0. The number of nitrogens with zero attached hydrogens (tertiary/aromatic N) is 2. The lowest BCUT2D eigenvalue weighted by Gasteiger charge is -2.71. The molecule has 1 aliphatic heterocycles. The molecule has 7 heteroatoms. The number of hydrogen-bond acceptors (Lipinski definition) is 6. The Hall–Kier alpha value is -3.00. The molecule has 1 saturated heterocycles. The van der Waals surface area contributed by atoms with Crippen molar-refractivity contribution in [1.29, 1.82) is 0 Å². The monoisotopic (exact) mass is 610 g/mol. The normalized spacial score (nSPS) is 42.1. The van der Waals surface area contributed by atoms with E-state index in [2.05, 4.69) is 37.0 Å². The highest BCUT2D eigenvalue weighted by Crippen LogP contribution is 2.78. The van der Waals surface area contributed by atoms with Crippen LogP contribution in [0.15, 0.2) is 76.9 Å². The van der Waals surface area contributed by atoms with E-state index in [4.69, 9.17) is 4.42 Å². The smallest absolute Gasteiger partial charge is 0.289 e. The molecule has 2 bridgehead atoms. The Morgan fingerprint density at radius 2 is 1.60 bits per heavy atom. The maximum atomic E-state index is 14.6. The van der Waals surface area contributed by atoms with Gasteiger partial charge in [0.05, 0.1) is 18.0 Å². The molecule has 45 heavy (non-hydrogen) atoms. The minimum absolute atomic E-state index is 0.0413. The van der Waals surface area contributed by atoms with E-state index >= 15 is 0 Å². The van der Waals surface area contributed by atoms with Crippen LogP contribution in [0.25, 0.3) is 0 Å². The molecule has 3 saturated carbocycles. The van der Waals surface area contributed by atoms with E-state index in [1.54, 1.807) is 12.1 Å². The van der Waals surface area contributed by atoms with E-state index in [9.17, 15) is 19.8 Å². The molecule has 2 N–H and O–H groups in total. The molecular weight excluding hydrogens is 564 g/mol. The predicted octanol–water partition coefficient (Wildman–Crippen LogP) is 5.51. The van der Waals surface area contributed by atoms with Gasteiger partial charge in [0.2, 0.25) is 0 Å². The maximum absolute atomic E-state index is 14.6. The van der Waals surface area contributed by atoms with E-state index in [1.165, 1.54) is 6.26 Å². The van der Waals surface area contributed by atoms with Crippen molar-refractivity contribution in [3.63, 3.8) is 0 Å². The van der Waals surface area contributed by atoms with Gasteiger partial charge in [-0.1, -0.05) is 62.4 Å².